The van der Waals surface area contributed by atoms with Crippen molar-refractivity contribution in [3.8, 4) is 11.5 Å². The van der Waals surface area contributed by atoms with Gasteiger partial charge in [0.05, 0.1) is 14.2 Å². The van der Waals surface area contributed by atoms with Crippen molar-refractivity contribution in [2.45, 2.75) is 0 Å². The first-order valence-corrected chi connectivity index (χ1v) is 8.85. The van der Waals surface area contributed by atoms with Crippen molar-refractivity contribution in [1.29, 1.82) is 0 Å². The Bertz CT molecular complexity index is 1050. The molecule has 0 aliphatic carbocycles. The van der Waals surface area contributed by atoms with Crippen LogP contribution in [-0.2, 0) is 11.8 Å². The summed E-state index contributed by atoms with van der Waals surface area (Å²) in [6, 6.07) is 12.0. The number of aryl methyl sites for hydroxylation is 1. The average Bonchev–Trinajstić information content (AvgIpc) is 3.17. The first kappa shape index (κ1) is 19.9. The molecule has 0 unspecified atom stereocenters. The average molecular weight is 391 g/mol. The molecule has 1 N–H and O–H groups in total. The number of benzene rings is 2. The molecule has 0 saturated carbocycles. The van der Waals surface area contributed by atoms with Gasteiger partial charge in [0.15, 0.2) is 17.3 Å². The Morgan fingerprint density at radius 1 is 1.03 bits per heavy atom. The molecular formula is C22H21N3O4. The Hall–Kier alpha value is -3.87. The van der Waals surface area contributed by atoms with Gasteiger partial charge in [0.1, 0.15) is 0 Å². The fraction of sp³-hybridized carbons (Fsp3) is 0.136. The summed E-state index contributed by atoms with van der Waals surface area (Å²) in [5.41, 5.74) is 1.88. The first-order chi connectivity index (χ1) is 14.0. The highest BCUT2D eigenvalue weighted by Crippen LogP contribution is 2.28. The summed E-state index contributed by atoms with van der Waals surface area (Å²) < 4.78 is 12.1. The lowest BCUT2D eigenvalue weighted by molar-refractivity contribution is -0.111. The van der Waals surface area contributed by atoms with Gasteiger partial charge < -0.3 is 19.4 Å². The molecule has 29 heavy (non-hydrogen) atoms. The molecule has 1 aromatic heterocycles. The van der Waals surface area contributed by atoms with Crippen LogP contribution >= 0.6 is 0 Å². The number of carbonyl (C=O) groups is 2. The van der Waals surface area contributed by atoms with Gasteiger partial charge in [0.25, 0.3) is 0 Å². The molecule has 0 bridgehead atoms. The Morgan fingerprint density at radius 3 is 2.38 bits per heavy atom. The number of rotatable bonds is 7. The molecule has 2 aromatic carbocycles. The molecule has 0 atom stereocenters. The molecule has 7 nitrogen and oxygen atoms in total. The summed E-state index contributed by atoms with van der Waals surface area (Å²) >= 11 is 0. The van der Waals surface area contributed by atoms with Gasteiger partial charge in [-0.05, 0) is 48.0 Å². The third-order valence-electron chi connectivity index (χ3n) is 4.27. The van der Waals surface area contributed by atoms with E-state index in [1.165, 1.54) is 6.08 Å². The van der Waals surface area contributed by atoms with Crippen LogP contribution in [0.1, 0.15) is 21.7 Å². The quantitative estimate of drug-likeness (QED) is 0.494. The topological polar surface area (TPSA) is 82.5 Å². The van der Waals surface area contributed by atoms with Crippen LogP contribution in [0.3, 0.4) is 0 Å². The van der Waals surface area contributed by atoms with Crippen LogP contribution in [0, 0.1) is 0 Å². The highest BCUT2D eigenvalue weighted by atomic mass is 16.5. The fourth-order valence-corrected chi connectivity index (χ4v) is 2.73. The molecule has 0 radical (unpaired) electrons. The van der Waals surface area contributed by atoms with E-state index in [-0.39, 0.29) is 11.7 Å². The van der Waals surface area contributed by atoms with Crippen molar-refractivity contribution < 1.29 is 19.1 Å². The van der Waals surface area contributed by atoms with Crippen LogP contribution in [0.25, 0.3) is 6.08 Å². The second-order valence-electron chi connectivity index (χ2n) is 6.21. The van der Waals surface area contributed by atoms with Crippen molar-refractivity contribution in [2.24, 2.45) is 7.05 Å². The van der Waals surface area contributed by atoms with Crippen LogP contribution in [0.4, 0.5) is 5.69 Å². The summed E-state index contributed by atoms with van der Waals surface area (Å²) in [5.74, 6) is 1.10. The van der Waals surface area contributed by atoms with Gasteiger partial charge in [0.2, 0.25) is 11.7 Å². The van der Waals surface area contributed by atoms with Crippen LogP contribution in [-0.4, -0.2) is 35.5 Å². The Morgan fingerprint density at radius 2 is 1.76 bits per heavy atom. The summed E-state index contributed by atoms with van der Waals surface area (Å²) in [6.45, 7) is 0. The largest absolute Gasteiger partial charge is 0.493 e. The second-order valence-corrected chi connectivity index (χ2v) is 6.21. The second kappa shape index (κ2) is 8.88. The van der Waals surface area contributed by atoms with Crippen LogP contribution in [0.2, 0.25) is 0 Å². The van der Waals surface area contributed by atoms with Gasteiger partial charge in [0, 0.05) is 36.8 Å². The Labute approximate surface area is 168 Å². The van der Waals surface area contributed by atoms with Gasteiger partial charge >= 0.3 is 0 Å². The zero-order chi connectivity index (χ0) is 20.8. The van der Waals surface area contributed by atoms with Gasteiger partial charge in [-0.15, -0.1) is 0 Å². The number of aromatic nitrogens is 2. The van der Waals surface area contributed by atoms with E-state index in [9.17, 15) is 9.59 Å². The molecule has 0 saturated heterocycles. The molecular weight excluding hydrogens is 370 g/mol. The maximum absolute atomic E-state index is 12.4. The molecule has 148 valence electrons. The highest BCUT2D eigenvalue weighted by molar-refractivity contribution is 6.07. The van der Waals surface area contributed by atoms with Crippen LogP contribution in [0.5, 0.6) is 11.5 Å². The van der Waals surface area contributed by atoms with E-state index in [1.54, 1.807) is 80.7 Å². The van der Waals surface area contributed by atoms with Crippen LogP contribution < -0.4 is 14.8 Å². The lowest BCUT2D eigenvalue weighted by Crippen LogP contribution is -2.10. The SMILES string of the molecule is COc1ccc(/C=C\C(=O)Nc2ccc(C(=O)c3nccn3C)cc2)cc1OC. The number of ketones is 1. The van der Waals surface area contributed by atoms with E-state index >= 15 is 0 Å². The van der Waals surface area contributed by atoms with Gasteiger partial charge in [-0.3, -0.25) is 9.59 Å². The zero-order valence-electron chi connectivity index (χ0n) is 16.4. The molecule has 3 aromatic rings. The van der Waals surface area contributed by atoms with Gasteiger partial charge in [-0.1, -0.05) is 6.07 Å². The van der Waals surface area contributed by atoms with E-state index in [1.807, 2.05) is 6.07 Å². The van der Waals surface area contributed by atoms with E-state index in [0.717, 1.165) is 5.56 Å². The summed E-state index contributed by atoms with van der Waals surface area (Å²) in [6.07, 6.45) is 6.39. The lowest BCUT2D eigenvalue weighted by Gasteiger charge is -2.07. The lowest BCUT2D eigenvalue weighted by atomic mass is 10.1. The number of nitrogens with zero attached hydrogens (tertiary/aromatic N) is 2. The minimum Gasteiger partial charge on any atom is -0.493 e. The summed E-state index contributed by atoms with van der Waals surface area (Å²) in [5, 5.41) is 2.76. The van der Waals surface area contributed by atoms with Crippen molar-refractivity contribution >= 4 is 23.5 Å². The van der Waals surface area contributed by atoms with Gasteiger partial charge in [-0.25, -0.2) is 4.98 Å². The molecule has 3 rings (SSSR count). The first-order valence-electron chi connectivity index (χ1n) is 8.85. The minimum absolute atomic E-state index is 0.177. The molecule has 0 fully saturated rings. The predicted octanol–water partition coefficient (Wildman–Crippen LogP) is 3.32. The maximum atomic E-state index is 12.4. The molecule has 1 amide bonds. The van der Waals surface area contributed by atoms with Crippen LogP contribution in [0.15, 0.2) is 60.9 Å². The predicted molar refractivity (Wildman–Crippen MR) is 110 cm³/mol. The molecule has 0 spiro atoms. The smallest absolute Gasteiger partial charge is 0.248 e. The standard InChI is InChI=1S/C22H21N3O4/c1-25-13-12-23-22(25)21(27)16-6-8-17(9-7-16)24-20(26)11-5-15-4-10-18(28-2)19(14-15)29-3/h4-14H,1-3H3,(H,24,26)/b11-5-. The molecule has 0 aliphatic heterocycles. The minimum atomic E-state index is -0.289. The third kappa shape index (κ3) is 4.70. The fourth-order valence-electron chi connectivity index (χ4n) is 2.73. The summed E-state index contributed by atoms with van der Waals surface area (Å²) in [7, 11) is 4.88. The highest BCUT2D eigenvalue weighted by Gasteiger charge is 2.13. The van der Waals surface area contributed by atoms with Gasteiger partial charge in [-0.2, -0.15) is 0 Å². The monoisotopic (exact) mass is 391 g/mol. The summed E-state index contributed by atoms with van der Waals surface area (Å²) in [4.78, 5) is 28.7. The van der Waals surface area contributed by atoms with E-state index < -0.39 is 0 Å². The molecule has 7 heteroatoms. The molecule has 1 heterocycles. The number of anilines is 1. The van der Waals surface area contributed by atoms with E-state index in [0.29, 0.717) is 28.6 Å². The number of ether oxygens (including phenoxy) is 2. The molecule has 0 aliphatic rings. The number of carbonyl (C=O) groups excluding carboxylic acids is 2. The number of imidazole rings is 1. The number of nitrogens with one attached hydrogen (secondary N) is 1. The number of methoxy groups -OCH3 is 2. The number of hydrogen-bond donors (Lipinski definition) is 1. The normalized spacial score (nSPS) is 10.7. The number of amides is 1. The Balaban J connectivity index is 1.64. The third-order valence-corrected chi connectivity index (χ3v) is 4.27. The maximum Gasteiger partial charge on any atom is 0.248 e. The Kier molecular flexibility index (Phi) is 6.09. The van der Waals surface area contributed by atoms with Crippen molar-refractivity contribution in [3.63, 3.8) is 0 Å². The number of hydrogen-bond acceptors (Lipinski definition) is 5. The van der Waals surface area contributed by atoms with Crippen molar-refractivity contribution in [2.75, 3.05) is 19.5 Å². The van der Waals surface area contributed by atoms with Crippen molar-refractivity contribution in [1.82, 2.24) is 9.55 Å². The van der Waals surface area contributed by atoms with Crippen molar-refractivity contribution in [3.05, 3.63) is 77.9 Å². The van der Waals surface area contributed by atoms with E-state index in [2.05, 4.69) is 10.3 Å². The zero-order valence-corrected chi connectivity index (χ0v) is 16.4. The van der Waals surface area contributed by atoms with E-state index in [4.69, 9.17) is 9.47 Å².